The Morgan fingerprint density at radius 1 is 0.417 bits per heavy atom. The lowest BCUT2D eigenvalue weighted by atomic mass is 9.85. The van der Waals surface area contributed by atoms with E-state index in [1.54, 1.807) is 18.2 Å². The Kier molecular flexibility index (Phi) is 10.1. The first-order valence-corrected chi connectivity index (χ1v) is 12.3. The van der Waals surface area contributed by atoms with Crippen molar-refractivity contribution in [2.45, 2.75) is 117 Å². The lowest BCUT2D eigenvalue weighted by Gasteiger charge is -2.35. The molecule has 0 aliphatic heterocycles. The zero-order valence-electron chi connectivity index (χ0n) is 24.5. The van der Waals surface area contributed by atoms with E-state index in [-0.39, 0.29) is 0 Å². The van der Waals surface area contributed by atoms with E-state index >= 15 is 0 Å². The van der Waals surface area contributed by atoms with Crippen molar-refractivity contribution in [2.24, 2.45) is 0 Å². The van der Waals surface area contributed by atoms with Crippen molar-refractivity contribution in [1.29, 1.82) is 0 Å². The zero-order valence-corrected chi connectivity index (χ0v) is 24.5. The summed E-state index contributed by atoms with van der Waals surface area (Å²) in [6.45, 7) is 34.3. The average molecular weight is 505 g/mol. The summed E-state index contributed by atoms with van der Waals surface area (Å²) >= 11 is 0. The van der Waals surface area contributed by atoms with Gasteiger partial charge >= 0.3 is 0 Å². The molecule has 6 nitrogen and oxygen atoms in total. The van der Waals surface area contributed by atoms with E-state index in [9.17, 15) is 0 Å². The Morgan fingerprint density at radius 2 is 0.611 bits per heavy atom. The van der Waals surface area contributed by atoms with E-state index in [0.29, 0.717) is 0 Å². The van der Waals surface area contributed by atoms with Gasteiger partial charge < -0.3 is 0 Å². The summed E-state index contributed by atoms with van der Waals surface area (Å²) in [7, 11) is 0. The van der Waals surface area contributed by atoms with Gasteiger partial charge in [0.2, 0.25) is 0 Å². The highest BCUT2D eigenvalue weighted by Crippen LogP contribution is 2.38. The summed E-state index contributed by atoms with van der Waals surface area (Å²) in [5, 5.41) is 0. The van der Waals surface area contributed by atoms with Crippen LogP contribution in [0, 0.1) is 0 Å². The molecule has 0 saturated heterocycles. The van der Waals surface area contributed by atoms with E-state index in [1.807, 2.05) is 101 Å². The van der Waals surface area contributed by atoms with Crippen LogP contribution in [0.1, 0.15) is 99.8 Å². The minimum atomic E-state index is -0.820. The maximum absolute atomic E-state index is 5.93. The van der Waals surface area contributed by atoms with Crippen LogP contribution >= 0.6 is 0 Å². The molecule has 1 aromatic rings. The Morgan fingerprint density at radius 3 is 0.778 bits per heavy atom. The molecule has 204 valence electrons. The van der Waals surface area contributed by atoms with E-state index < -0.39 is 33.6 Å². The van der Waals surface area contributed by atoms with Gasteiger partial charge in [-0.15, -0.1) is 19.7 Å². The summed E-state index contributed by atoms with van der Waals surface area (Å²) < 4.78 is 0. The van der Waals surface area contributed by atoms with E-state index in [4.69, 9.17) is 29.3 Å². The second-order valence-electron chi connectivity index (χ2n) is 12.3. The van der Waals surface area contributed by atoms with Crippen molar-refractivity contribution < 1.29 is 29.3 Å². The van der Waals surface area contributed by atoms with Crippen LogP contribution in [0.25, 0.3) is 0 Å². The molecule has 0 spiro atoms. The highest BCUT2D eigenvalue weighted by molar-refractivity contribution is 5.38. The van der Waals surface area contributed by atoms with Gasteiger partial charge in [0, 0.05) is 0 Å². The fraction of sp³-hybridized carbons (Fsp3) is 0.600. The molecule has 0 bridgehead atoms. The Balaban J connectivity index is 3.55. The van der Waals surface area contributed by atoms with Crippen LogP contribution in [0.4, 0.5) is 0 Å². The van der Waals surface area contributed by atoms with Crippen molar-refractivity contribution in [2.75, 3.05) is 0 Å². The molecule has 0 N–H and O–H groups in total. The van der Waals surface area contributed by atoms with Gasteiger partial charge in [0.15, 0.2) is 0 Å². The summed E-state index contributed by atoms with van der Waals surface area (Å²) in [6, 6.07) is 6.05. The second-order valence-corrected chi connectivity index (χ2v) is 12.3. The number of benzene rings is 1. The summed E-state index contributed by atoms with van der Waals surface area (Å²) in [4.78, 5) is 34.9. The molecule has 0 aromatic heterocycles. The minimum absolute atomic E-state index is 0.656. The molecule has 6 heteroatoms. The van der Waals surface area contributed by atoms with Gasteiger partial charge in [-0.05, 0) is 118 Å². The molecule has 0 fully saturated rings. The van der Waals surface area contributed by atoms with Crippen molar-refractivity contribution in [3.63, 3.8) is 0 Å². The monoisotopic (exact) mass is 504 g/mol. The number of hydrogen-bond donors (Lipinski definition) is 0. The van der Waals surface area contributed by atoms with Gasteiger partial charge in [0.1, 0.15) is 33.6 Å². The second kappa shape index (κ2) is 11.3. The normalized spacial score (nSPS) is 14.0. The molecule has 0 radical (unpaired) electrons. The van der Waals surface area contributed by atoms with Gasteiger partial charge in [-0.1, -0.05) is 18.2 Å². The number of rotatable bonds is 15. The third kappa shape index (κ3) is 9.25. The number of hydrogen-bond acceptors (Lipinski definition) is 6. The van der Waals surface area contributed by atoms with Gasteiger partial charge in [-0.3, -0.25) is 0 Å². The van der Waals surface area contributed by atoms with Crippen LogP contribution in [-0.2, 0) is 46.1 Å². The van der Waals surface area contributed by atoms with Gasteiger partial charge in [-0.25, -0.2) is 29.3 Å². The molecule has 1 rings (SSSR count). The highest BCUT2D eigenvalue weighted by atomic mass is 17.2. The average Bonchev–Trinajstić information content (AvgIpc) is 2.80. The predicted octanol–water partition coefficient (Wildman–Crippen LogP) is 8.13. The third-order valence-electron chi connectivity index (χ3n) is 5.89. The van der Waals surface area contributed by atoms with Crippen molar-refractivity contribution >= 4 is 0 Å². The van der Waals surface area contributed by atoms with E-state index in [2.05, 4.69) is 19.7 Å². The molecule has 0 unspecified atom stereocenters. The highest BCUT2D eigenvalue weighted by Gasteiger charge is 2.35. The maximum atomic E-state index is 5.93. The standard InChI is InChI=1S/C30H48O6/c1-16-25(4,5)31-34-28(10,11)22-19-23(29(12,13)35-32-26(6,7)17-2)21-24(20-22)30(14,15)36-33-27(8,9)18-3/h16-21H,1-3H2,4-15H3. The first kappa shape index (κ1) is 32.2. The molecule has 0 amide bonds. The summed E-state index contributed by atoms with van der Waals surface area (Å²) in [5.41, 5.74) is -1.86. The Hall–Kier alpha value is -1.80. The molecule has 36 heavy (non-hydrogen) atoms. The van der Waals surface area contributed by atoms with Crippen LogP contribution in [0.15, 0.2) is 56.2 Å². The molecule has 0 aliphatic rings. The van der Waals surface area contributed by atoms with E-state index in [1.165, 1.54) is 0 Å². The van der Waals surface area contributed by atoms with Crippen molar-refractivity contribution in [3.05, 3.63) is 72.9 Å². The SMILES string of the molecule is C=CC(C)(C)OOC(C)(C)c1cc(C(C)(C)OOC(C)(C)C=C)cc(C(C)(C)OOC(C)(C)C=C)c1. The molecule has 1 aromatic carbocycles. The summed E-state index contributed by atoms with van der Waals surface area (Å²) in [6.07, 6.45) is 5.07. The van der Waals surface area contributed by atoms with Gasteiger partial charge in [0.25, 0.3) is 0 Å². The molecule has 0 atom stereocenters. The molecule has 0 saturated carbocycles. The molecular formula is C30H48O6. The van der Waals surface area contributed by atoms with E-state index in [0.717, 1.165) is 16.7 Å². The van der Waals surface area contributed by atoms with Crippen molar-refractivity contribution in [3.8, 4) is 0 Å². The lowest BCUT2D eigenvalue weighted by Crippen LogP contribution is -2.33. The van der Waals surface area contributed by atoms with Crippen LogP contribution in [0.2, 0.25) is 0 Å². The van der Waals surface area contributed by atoms with Gasteiger partial charge in [-0.2, -0.15) is 0 Å². The Labute approximate surface area is 219 Å². The quantitative estimate of drug-likeness (QED) is 0.136. The molecular weight excluding hydrogens is 456 g/mol. The van der Waals surface area contributed by atoms with Crippen LogP contribution in [0.5, 0.6) is 0 Å². The zero-order chi connectivity index (χ0) is 28.2. The smallest absolute Gasteiger partial charge is 0.123 e. The lowest BCUT2D eigenvalue weighted by molar-refractivity contribution is -0.398. The fourth-order valence-electron chi connectivity index (χ4n) is 2.55. The first-order chi connectivity index (χ1) is 16.1. The largest absolute Gasteiger partial charge is 0.226 e. The van der Waals surface area contributed by atoms with Crippen LogP contribution in [-0.4, -0.2) is 16.8 Å². The van der Waals surface area contributed by atoms with Gasteiger partial charge in [0.05, 0.1) is 0 Å². The topological polar surface area (TPSA) is 55.4 Å². The molecule has 0 aliphatic carbocycles. The fourth-order valence-corrected chi connectivity index (χ4v) is 2.55. The Bertz CT molecular complexity index is 790. The molecule has 0 heterocycles. The van der Waals surface area contributed by atoms with Crippen LogP contribution in [0.3, 0.4) is 0 Å². The maximum Gasteiger partial charge on any atom is 0.123 e. The first-order valence-electron chi connectivity index (χ1n) is 12.3. The third-order valence-corrected chi connectivity index (χ3v) is 5.89. The minimum Gasteiger partial charge on any atom is -0.226 e. The predicted molar refractivity (Wildman–Crippen MR) is 145 cm³/mol. The summed E-state index contributed by atoms with van der Waals surface area (Å²) in [5.74, 6) is 0. The van der Waals surface area contributed by atoms with Crippen LogP contribution < -0.4 is 0 Å². The van der Waals surface area contributed by atoms with Crippen molar-refractivity contribution in [1.82, 2.24) is 0 Å².